The monoisotopic (exact) mass is 200 g/mol. The minimum atomic E-state index is 0.238. The van der Waals surface area contributed by atoms with E-state index in [0.717, 1.165) is 13.0 Å². The van der Waals surface area contributed by atoms with E-state index in [-0.39, 0.29) is 5.54 Å². The van der Waals surface area contributed by atoms with Crippen LogP contribution in [0.4, 0.5) is 0 Å². The maximum atomic E-state index is 4.31. The first kappa shape index (κ1) is 8.96. The Morgan fingerprint density at radius 2 is 2.27 bits per heavy atom. The third kappa shape index (κ3) is 1.44. The molecule has 78 valence electrons. The van der Waals surface area contributed by atoms with Gasteiger partial charge in [-0.15, -0.1) is 0 Å². The van der Waals surface area contributed by atoms with Gasteiger partial charge in [-0.25, -0.2) is 0 Å². The molecule has 0 aromatic heterocycles. The maximum absolute atomic E-state index is 4.31. The summed E-state index contributed by atoms with van der Waals surface area (Å²) in [5.41, 5.74) is 4.65. The van der Waals surface area contributed by atoms with Crippen molar-refractivity contribution in [3.63, 3.8) is 0 Å². The molecular formula is C13H16N2. The standard InChI is InChI=1S/C13H16N2/c1-10-2-3-12-7-13(8-14-9-15-13)5-4-11(12)6-10/h2-3,6,9H,4-5,7-8H2,1H3,(H,14,15)/t13-/m1/s1. The van der Waals surface area contributed by atoms with Crippen molar-refractivity contribution < 1.29 is 0 Å². The van der Waals surface area contributed by atoms with E-state index in [1.807, 2.05) is 6.34 Å². The van der Waals surface area contributed by atoms with Gasteiger partial charge in [0.1, 0.15) is 0 Å². The Bertz CT molecular complexity index is 413. The summed E-state index contributed by atoms with van der Waals surface area (Å²) in [5, 5.41) is 3.44. The summed E-state index contributed by atoms with van der Waals surface area (Å²) in [5.74, 6) is 0. The second-order valence-corrected chi connectivity index (χ2v) is 4.84. The Balaban J connectivity index is 1.93. The van der Waals surface area contributed by atoms with E-state index in [1.54, 1.807) is 0 Å². The number of aliphatic imine (C=N–C) groups is 1. The van der Waals surface area contributed by atoms with E-state index in [2.05, 4.69) is 35.4 Å². The molecule has 1 aliphatic heterocycles. The van der Waals surface area contributed by atoms with Crippen molar-refractivity contribution in [2.75, 3.05) is 6.54 Å². The zero-order chi connectivity index (χ0) is 10.3. The van der Waals surface area contributed by atoms with Gasteiger partial charge in [0.25, 0.3) is 0 Å². The Hall–Kier alpha value is -1.31. The van der Waals surface area contributed by atoms with Crippen LogP contribution in [-0.2, 0) is 12.8 Å². The van der Waals surface area contributed by atoms with Crippen molar-refractivity contribution in [3.8, 4) is 0 Å². The molecule has 1 aromatic carbocycles. The summed E-state index contributed by atoms with van der Waals surface area (Å²) in [6.45, 7) is 3.11. The summed E-state index contributed by atoms with van der Waals surface area (Å²) in [6.07, 6.45) is 5.40. The van der Waals surface area contributed by atoms with Gasteiger partial charge in [-0.05, 0) is 37.3 Å². The normalized spacial score (nSPS) is 27.8. The minimum absolute atomic E-state index is 0.238. The summed E-state index contributed by atoms with van der Waals surface area (Å²) in [7, 11) is 0. The molecule has 1 heterocycles. The van der Waals surface area contributed by atoms with Gasteiger partial charge in [0.15, 0.2) is 0 Å². The van der Waals surface area contributed by atoms with Gasteiger partial charge in [0.05, 0.1) is 18.4 Å². The molecule has 1 spiro atoms. The lowest BCUT2D eigenvalue weighted by Gasteiger charge is -2.34. The molecule has 3 rings (SSSR count). The van der Waals surface area contributed by atoms with Gasteiger partial charge in [0.2, 0.25) is 0 Å². The number of nitrogens with zero attached hydrogens (tertiary/aromatic N) is 1. The topological polar surface area (TPSA) is 24.4 Å². The fourth-order valence-corrected chi connectivity index (χ4v) is 2.69. The predicted octanol–water partition coefficient (Wildman–Crippen LogP) is 1.85. The lowest BCUT2D eigenvalue weighted by Crippen LogP contribution is -2.47. The molecule has 0 radical (unpaired) electrons. The van der Waals surface area contributed by atoms with Crippen molar-refractivity contribution in [2.45, 2.75) is 31.7 Å². The molecule has 1 aliphatic carbocycles. The average molecular weight is 200 g/mol. The van der Waals surface area contributed by atoms with Crippen LogP contribution in [0.5, 0.6) is 0 Å². The quantitative estimate of drug-likeness (QED) is 0.679. The van der Waals surface area contributed by atoms with E-state index in [4.69, 9.17) is 0 Å². The van der Waals surface area contributed by atoms with E-state index in [9.17, 15) is 0 Å². The summed E-state index contributed by atoms with van der Waals surface area (Å²) in [6, 6.07) is 6.83. The maximum Gasteiger partial charge on any atom is 0.0829 e. The van der Waals surface area contributed by atoms with Gasteiger partial charge in [0, 0.05) is 0 Å². The van der Waals surface area contributed by atoms with Crippen molar-refractivity contribution in [2.24, 2.45) is 4.99 Å². The van der Waals surface area contributed by atoms with Crippen molar-refractivity contribution in [1.82, 2.24) is 5.32 Å². The van der Waals surface area contributed by atoms with Crippen molar-refractivity contribution in [3.05, 3.63) is 34.9 Å². The minimum Gasteiger partial charge on any atom is -0.369 e. The first-order valence-electron chi connectivity index (χ1n) is 5.62. The van der Waals surface area contributed by atoms with E-state index >= 15 is 0 Å². The molecule has 0 fully saturated rings. The largest absolute Gasteiger partial charge is 0.369 e. The number of hydrogen-bond donors (Lipinski definition) is 1. The highest BCUT2D eigenvalue weighted by Gasteiger charge is 2.35. The van der Waals surface area contributed by atoms with Gasteiger partial charge in [-0.2, -0.15) is 0 Å². The molecule has 0 unspecified atom stereocenters. The second kappa shape index (κ2) is 3.09. The molecular weight excluding hydrogens is 184 g/mol. The van der Waals surface area contributed by atoms with Crippen LogP contribution in [-0.4, -0.2) is 18.4 Å². The zero-order valence-corrected chi connectivity index (χ0v) is 9.09. The van der Waals surface area contributed by atoms with Gasteiger partial charge < -0.3 is 5.32 Å². The van der Waals surface area contributed by atoms with Crippen LogP contribution in [0.1, 0.15) is 23.1 Å². The number of rotatable bonds is 0. The zero-order valence-electron chi connectivity index (χ0n) is 9.09. The fourth-order valence-electron chi connectivity index (χ4n) is 2.69. The molecule has 2 heteroatoms. The Morgan fingerprint density at radius 3 is 3.07 bits per heavy atom. The third-order valence-corrected chi connectivity index (χ3v) is 3.62. The van der Waals surface area contributed by atoms with E-state index < -0.39 is 0 Å². The van der Waals surface area contributed by atoms with Crippen LogP contribution in [0.25, 0.3) is 0 Å². The summed E-state index contributed by atoms with van der Waals surface area (Å²) in [4.78, 5) is 4.31. The molecule has 1 aromatic rings. The van der Waals surface area contributed by atoms with Crippen LogP contribution in [0.15, 0.2) is 23.2 Å². The Morgan fingerprint density at radius 1 is 1.33 bits per heavy atom. The van der Waals surface area contributed by atoms with Crippen LogP contribution in [0.2, 0.25) is 0 Å². The summed E-state index contributed by atoms with van der Waals surface area (Å²) >= 11 is 0. The van der Waals surface area contributed by atoms with E-state index in [0.29, 0.717) is 0 Å². The van der Waals surface area contributed by atoms with Gasteiger partial charge in [-0.1, -0.05) is 23.8 Å². The number of hydrogen-bond acceptors (Lipinski definition) is 2. The van der Waals surface area contributed by atoms with Crippen molar-refractivity contribution >= 4 is 6.34 Å². The molecule has 1 N–H and O–H groups in total. The SMILES string of the molecule is Cc1ccc2c(c1)CC[C@]1(CN=CN1)C2. The average Bonchev–Trinajstić information content (AvgIpc) is 2.67. The highest BCUT2D eigenvalue weighted by Crippen LogP contribution is 2.30. The molecule has 2 nitrogen and oxygen atoms in total. The molecule has 0 amide bonds. The number of nitrogens with one attached hydrogen (secondary N) is 1. The number of benzene rings is 1. The fraction of sp³-hybridized carbons (Fsp3) is 0.462. The third-order valence-electron chi connectivity index (χ3n) is 3.62. The van der Waals surface area contributed by atoms with Crippen LogP contribution < -0.4 is 5.32 Å². The molecule has 0 saturated heterocycles. The lowest BCUT2D eigenvalue weighted by molar-refractivity contribution is 0.363. The Labute approximate surface area is 90.4 Å². The molecule has 0 bridgehead atoms. The highest BCUT2D eigenvalue weighted by atomic mass is 15.1. The Kier molecular flexibility index (Phi) is 1.84. The lowest BCUT2D eigenvalue weighted by atomic mass is 9.78. The second-order valence-electron chi connectivity index (χ2n) is 4.84. The summed E-state index contributed by atoms with van der Waals surface area (Å²) < 4.78 is 0. The van der Waals surface area contributed by atoms with Crippen LogP contribution in [0, 0.1) is 6.92 Å². The molecule has 0 saturated carbocycles. The molecule has 15 heavy (non-hydrogen) atoms. The first-order valence-corrected chi connectivity index (χ1v) is 5.62. The van der Waals surface area contributed by atoms with Crippen LogP contribution in [0.3, 0.4) is 0 Å². The predicted molar refractivity (Wildman–Crippen MR) is 62.4 cm³/mol. The van der Waals surface area contributed by atoms with Gasteiger partial charge in [-0.3, -0.25) is 4.99 Å². The molecule has 1 atom stereocenters. The van der Waals surface area contributed by atoms with E-state index in [1.165, 1.54) is 29.5 Å². The van der Waals surface area contributed by atoms with Gasteiger partial charge >= 0.3 is 0 Å². The smallest absolute Gasteiger partial charge is 0.0829 e. The molecule has 2 aliphatic rings. The number of fused-ring (bicyclic) bond motifs is 1. The number of aryl methyl sites for hydroxylation is 2. The van der Waals surface area contributed by atoms with Crippen LogP contribution >= 0.6 is 0 Å². The highest BCUT2D eigenvalue weighted by molar-refractivity contribution is 5.59. The van der Waals surface area contributed by atoms with Crippen molar-refractivity contribution in [1.29, 1.82) is 0 Å². The first-order chi connectivity index (χ1) is 7.27.